The molecule has 1 fully saturated rings. The number of allylic oxidation sites excluding steroid dienone is 4. The van der Waals surface area contributed by atoms with E-state index >= 15 is 0 Å². The van der Waals surface area contributed by atoms with Crippen molar-refractivity contribution < 1.29 is 4.39 Å². The Labute approximate surface area is 91.0 Å². The summed E-state index contributed by atoms with van der Waals surface area (Å²) in [6.07, 6.45) is 4.99. The SMILES string of the molecule is C[C@@H]1CN(C2=CC=C(F)CC2)CCN1C. The van der Waals surface area contributed by atoms with Crippen molar-refractivity contribution in [3.8, 4) is 0 Å². The minimum absolute atomic E-state index is 0.0147. The van der Waals surface area contributed by atoms with Crippen LogP contribution < -0.4 is 0 Å². The van der Waals surface area contributed by atoms with Gasteiger partial charge in [0.25, 0.3) is 0 Å². The van der Waals surface area contributed by atoms with Gasteiger partial charge in [-0.2, -0.15) is 0 Å². The van der Waals surface area contributed by atoms with Gasteiger partial charge in [-0.3, -0.25) is 0 Å². The van der Waals surface area contributed by atoms with Gasteiger partial charge in [-0.1, -0.05) is 0 Å². The Hall–Kier alpha value is -0.830. The molecule has 0 radical (unpaired) electrons. The van der Waals surface area contributed by atoms with Crippen molar-refractivity contribution in [1.82, 2.24) is 9.80 Å². The molecule has 0 aromatic rings. The molecular formula is C12H19FN2. The highest BCUT2D eigenvalue weighted by Gasteiger charge is 2.22. The van der Waals surface area contributed by atoms with Crippen LogP contribution >= 0.6 is 0 Å². The van der Waals surface area contributed by atoms with Crippen LogP contribution in [0.25, 0.3) is 0 Å². The minimum atomic E-state index is 0.0147. The van der Waals surface area contributed by atoms with Gasteiger partial charge < -0.3 is 9.80 Å². The number of hydrogen-bond acceptors (Lipinski definition) is 2. The molecule has 3 heteroatoms. The van der Waals surface area contributed by atoms with E-state index in [1.165, 1.54) is 5.70 Å². The Kier molecular flexibility index (Phi) is 3.10. The first kappa shape index (κ1) is 10.7. The smallest absolute Gasteiger partial charge is 0.100 e. The third-order valence-corrected chi connectivity index (χ3v) is 3.44. The highest BCUT2D eigenvalue weighted by atomic mass is 19.1. The minimum Gasteiger partial charge on any atom is -0.372 e. The van der Waals surface area contributed by atoms with Crippen LogP contribution in [0.5, 0.6) is 0 Å². The molecule has 1 aliphatic heterocycles. The number of halogens is 1. The Balaban J connectivity index is 2.00. The summed E-state index contributed by atoms with van der Waals surface area (Å²) < 4.78 is 12.9. The Morgan fingerprint density at radius 3 is 2.67 bits per heavy atom. The highest BCUT2D eigenvalue weighted by molar-refractivity contribution is 5.20. The third kappa shape index (κ3) is 2.40. The van der Waals surface area contributed by atoms with Gasteiger partial charge in [0.15, 0.2) is 0 Å². The summed E-state index contributed by atoms with van der Waals surface area (Å²) in [6.45, 7) is 5.48. The topological polar surface area (TPSA) is 6.48 Å². The van der Waals surface area contributed by atoms with Crippen molar-refractivity contribution in [2.75, 3.05) is 26.7 Å². The van der Waals surface area contributed by atoms with Gasteiger partial charge in [0, 0.05) is 37.8 Å². The molecule has 84 valence electrons. The second-order valence-electron chi connectivity index (χ2n) is 4.55. The van der Waals surface area contributed by atoms with Crippen LogP contribution in [0.1, 0.15) is 19.8 Å². The molecule has 0 spiro atoms. The fourth-order valence-electron chi connectivity index (χ4n) is 2.17. The predicted octanol–water partition coefficient (Wildman–Crippen LogP) is 2.15. The lowest BCUT2D eigenvalue weighted by molar-refractivity contribution is 0.127. The van der Waals surface area contributed by atoms with Crippen LogP contribution in [0, 0.1) is 0 Å². The maximum atomic E-state index is 12.9. The normalized spacial score (nSPS) is 28.7. The van der Waals surface area contributed by atoms with Gasteiger partial charge in [-0.05, 0) is 32.5 Å². The van der Waals surface area contributed by atoms with Gasteiger partial charge >= 0.3 is 0 Å². The number of rotatable bonds is 1. The quantitative estimate of drug-likeness (QED) is 0.654. The molecule has 1 heterocycles. The second-order valence-corrected chi connectivity index (χ2v) is 4.55. The maximum absolute atomic E-state index is 12.9. The summed E-state index contributed by atoms with van der Waals surface area (Å²) in [5.41, 5.74) is 1.30. The number of nitrogens with zero attached hydrogens (tertiary/aromatic N) is 2. The number of piperazine rings is 1. The van der Waals surface area contributed by atoms with Gasteiger partial charge in [-0.25, -0.2) is 4.39 Å². The zero-order valence-electron chi connectivity index (χ0n) is 9.54. The van der Waals surface area contributed by atoms with Crippen molar-refractivity contribution in [3.05, 3.63) is 23.7 Å². The fraction of sp³-hybridized carbons (Fsp3) is 0.667. The summed E-state index contributed by atoms with van der Waals surface area (Å²) in [4.78, 5) is 4.77. The molecule has 0 aromatic carbocycles. The molecule has 0 aromatic heterocycles. The molecule has 1 saturated heterocycles. The molecule has 15 heavy (non-hydrogen) atoms. The van der Waals surface area contributed by atoms with Gasteiger partial charge in [0.2, 0.25) is 0 Å². The van der Waals surface area contributed by atoms with Crippen LogP contribution in [0.4, 0.5) is 4.39 Å². The van der Waals surface area contributed by atoms with Crippen LogP contribution in [0.2, 0.25) is 0 Å². The first-order valence-corrected chi connectivity index (χ1v) is 5.67. The first-order chi connectivity index (χ1) is 7.16. The third-order valence-electron chi connectivity index (χ3n) is 3.44. The molecule has 0 amide bonds. The summed E-state index contributed by atoms with van der Waals surface area (Å²) in [5, 5.41) is 0. The average Bonchev–Trinajstić information content (AvgIpc) is 2.23. The average molecular weight is 210 g/mol. The standard InChI is InChI=1S/C12H19FN2/c1-10-9-15(8-7-14(10)2)12-5-3-11(13)4-6-12/h3,5,10H,4,6-9H2,1-2H3/t10-/m1/s1. The van der Waals surface area contributed by atoms with Crippen molar-refractivity contribution >= 4 is 0 Å². The van der Waals surface area contributed by atoms with Crippen LogP contribution in [-0.4, -0.2) is 42.5 Å². The van der Waals surface area contributed by atoms with Gasteiger partial charge in [0.05, 0.1) is 0 Å². The lowest BCUT2D eigenvalue weighted by atomic mass is 10.1. The summed E-state index contributed by atoms with van der Waals surface area (Å²) in [5.74, 6) is 0.0147. The van der Waals surface area contributed by atoms with E-state index in [-0.39, 0.29) is 5.83 Å². The van der Waals surface area contributed by atoms with E-state index in [1.807, 2.05) is 6.08 Å². The largest absolute Gasteiger partial charge is 0.372 e. The van der Waals surface area contributed by atoms with Crippen LogP contribution in [-0.2, 0) is 0 Å². The molecule has 2 nitrogen and oxygen atoms in total. The molecule has 2 rings (SSSR count). The number of hydrogen-bond donors (Lipinski definition) is 0. The highest BCUT2D eigenvalue weighted by Crippen LogP contribution is 2.23. The summed E-state index contributed by atoms with van der Waals surface area (Å²) in [6, 6.07) is 0.593. The summed E-state index contributed by atoms with van der Waals surface area (Å²) in [7, 11) is 2.16. The van der Waals surface area contributed by atoms with E-state index in [2.05, 4.69) is 23.8 Å². The van der Waals surface area contributed by atoms with Crippen molar-refractivity contribution in [2.24, 2.45) is 0 Å². The van der Waals surface area contributed by atoms with Gasteiger partial charge in [-0.15, -0.1) is 0 Å². The molecular weight excluding hydrogens is 191 g/mol. The van der Waals surface area contributed by atoms with E-state index in [9.17, 15) is 4.39 Å². The first-order valence-electron chi connectivity index (χ1n) is 5.67. The van der Waals surface area contributed by atoms with E-state index < -0.39 is 0 Å². The lowest BCUT2D eigenvalue weighted by Gasteiger charge is -2.40. The molecule has 0 unspecified atom stereocenters. The van der Waals surface area contributed by atoms with Crippen molar-refractivity contribution in [1.29, 1.82) is 0 Å². The monoisotopic (exact) mass is 210 g/mol. The van der Waals surface area contributed by atoms with E-state index in [0.717, 1.165) is 26.1 Å². The second kappa shape index (κ2) is 4.35. The molecule has 0 bridgehead atoms. The lowest BCUT2D eigenvalue weighted by Crippen LogP contribution is -2.49. The van der Waals surface area contributed by atoms with E-state index in [4.69, 9.17) is 0 Å². The van der Waals surface area contributed by atoms with E-state index in [1.54, 1.807) is 6.08 Å². The van der Waals surface area contributed by atoms with Gasteiger partial charge in [0.1, 0.15) is 5.83 Å². The molecule has 0 N–H and O–H groups in total. The summed E-state index contributed by atoms with van der Waals surface area (Å²) >= 11 is 0. The molecule has 0 saturated carbocycles. The predicted molar refractivity (Wildman–Crippen MR) is 60.2 cm³/mol. The Morgan fingerprint density at radius 2 is 2.07 bits per heavy atom. The molecule has 1 atom stereocenters. The Morgan fingerprint density at radius 1 is 1.27 bits per heavy atom. The van der Waals surface area contributed by atoms with Crippen molar-refractivity contribution in [2.45, 2.75) is 25.8 Å². The van der Waals surface area contributed by atoms with Crippen molar-refractivity contribution in [3.63, 3.8) is 0 Å². The zero-order chi connectivity index (χ0) is 10.8. The fourth-order valence-corrected chi connectivity index (χ4v) is 2.17. The maximum Gasteiger partial charge on any atom is 0.100 e. The van der Waals surface area contributed by atoms with E-state index in [0.29, 0.717) is 12.5 Å². The number of likely N-dealkylation sites (N-methyl/N-ethyl adjacent to an activating group) is 1. The van der Waals surface area contributed by atoms with Crippen LogP contribution in [0.15, 0.2) is 23.7 Å². The molecule has 2 aliphatic rings. The Bertz CT molecular complexity index is 296. The molecule has 1 aliphatic carbocycles. The van der Waals surface area contributed by atoms with Crippen LogP contribution in [0.3, 0.4) is 0 Å². The zero-order valence-corrected chi connectivity index (χ0v) is 9.54.